The van der Waals surface area contributed by atoms with Crippen LogP contribution < -0.4 is 0 Å². The molecule has 7 nitrogen and oxygen atoms in total. The van der Waals surface area contributed by atoms with Crippen LogP contribution in [0.2, 0.25) is 0 Å². The van der Waals surface area contributed by atoms with Crippen LogP contribution in [0.4, 0.5) is 0 Å². The fourth-order valence-electron chi connectivity index (χ4n) is 3.33. The Morgan fingerprint density at radius 1 is 1.32 bits per heavy atom. The number of amides is 1. The lowest BCUT2D eigenvalue weighted by atomic mass is 9.90. The maximum atomic E-state index is 12.8. The van der Waals surface area contributed by atoms with Crippen molar-refractivity contribution in [3.63, 3.8) is 0 Å². The molecule has 7 heteroatoms. The van der Waals surface area contributed by atoms with Gasteiger partial charge in [-0.25, -0.2) is 0 Å². The summed E-state index contributed by atoms with van der Waals surface area (Å²) in [5.41, 5.74) is 4.57. The largest absolute Gasteiger partial charge is 0.390 e. The van der Waals surface area contributed by atoms with E-state index in [-0.39, 0.29) is 5.91 Å². The van der Waals surface area contributed by atoms with Crippen LogP contribution in [0, 0.1) is 0 Å². The molecule has 2 aromatic rings. The van der Waals surface area contributed by atoms with Crippen LogP contribution in [0.5, 0.6) is 0 Å². The summed E-state index contributed by atoms with van der Waals surface area (Å²) in [7, 11) is 7.30. The molecule has 1 amide bonds. The molecule has 1 aliphatic carbocycles. The van der Waals surface area contributed by atoms with E-state index in [0.29, 0.717) is 18.8 Å². The highest BCUT2D eigenvalue weighted by Crippen LogP contribution is 2.34. The molecule has 1 N–H and O–H groups in total. The van der Waals surface area contributed by atoms with E-state index in [0.717, 1.165) is 35.2 Å². The number of fused-ring (bicyclic) bond motifs is 3. The number of nitrogens with zero attached hydrogens (tertiary/aromatic N) is 5. The number of aliphatic hydroxyl groups is 1. The van der Waals surface area contributed by atoms with Crippen LogP contribution in [0.3, 0.4) is 0 Å². The molecule has 1 unspecified atom stereocenters. The summed E-state index contributed by atoms with van der Waals surface area (Å²) < 4.78 is 1.68. The Kier molecular flexibility index (Phi) is 4.87. The van der Waals surface area contributed by atoms with Crippen LogP contribution in [-0.4, -0.2) is 76.4 Å². The zero-order chi connectivity index (χ0) is 18.1. The molecule has 0 fully saturated rings. The topological polar surface area (TPSA) is 74.5 Å². The fraction of sp³-hybridized carbons (Fsp3) is 0.500. The van der Waals surface area contributed by atoms with Crippen molar-refractivity contribution in [1.82, 2.24) is 24.6 Å². The molecule has 0 saturated heterocycles. The van der Waals surface area contributed by atoms with Gasteiger partial charge in [0, 0.05) is 44.2 Å². The number of rotatable bonds is 5. The van der Waals surface area contributed by atoms with Crippen molar-refractivity contribution < 1.29 is 9.90 Å². The van der Waals surface area contributed by atoms with Crippen molar-refractivity contribution in [2.24, 2.45) is 0 Å². The summed E-state index contributed by atoms with van der Waals surface area (Å²) in [6.07, 6.45) is 4.62. The maximum Gasteiger partial charge on any atom is 0.271 e. The van der Waals surface area contributed by atoms with Crippen molar-refractivity contribution in [3.05, 3.63) is 35.3 Å². The lowest BCUT2D eigenvalue weighted by Crippen LogP contribution is -2.32. The first kappa shape index (κ1) is 17.6. The minimum Gasteiger partial charge on any atom is -0.390 e. The zero-order valence-corrected chi connectivity index (χ0v) is 15.2. The van der Waals surface area contributed by atoms with Gasteiger partial charge in [-0.05, 0) is 38.6 Å². The summed E-state index contributed by atoms with van der Waals surface area (Å²) in [4.78, 5) is 20.4. The molecule has 134 valence electrons. The molecular formula is C18H25N5O2. The second kappa shape index (κ2) is 6.93. The summed E-state index contributed by atoms with van der Waals surface area (Å²) in [5.74, 6) is -0.0803. The van der Waals surface area contributed by atoms with Crippen LogP contribution in [0.15, 0.2) is 18.5 Å². The van der Waals surface area contributed by atoms with Crippen molar-refractivity contribution in [2.75, 3.05) is 34.7 Å². The van der Waals surface area contributed by atoms with E-state index in [2.05, 4.69) is 4.98 Å². The quantitative estimate of drug-likeness (QED) is 0.864. The van der Waals surface area contributed by atoms with E-state index in [1.54, 1.807) is 29.9 Å². The molecule has 0 saturated carbocycles. The van der Waals surface area contributed by atoms with Gasteiger partial charge in [0.1, 0.15) is 5.69 Å². The third-order valence-electron chi connectivity index (χ3n) is 4.42. The number of carbonyl (C=O) groups is 1. The summed E-state index contributed by atoms with van der Waals surface area (Å²) >= 11 is 0. The molecule has 0 aromatic carbocycles. The number of aliphatic hydroxyl groups excluding tert-OH is 1. The number of aryl methyl sites for hydroxylation is 1. The molecule has 1 aliphatic rings. The zero-order valence-electron chi connectivity index (χ0n) is 15.2. The lowest BCUT2D eigenvalue weighted by molar-refractivity contribution is 0.0799. The Morgan fingerprint density at radius 3 is 2.76 bits per heavy atom. The standard InChI is InChI=1S/C18H25N5O2/c1-21(2)10-13(24)11-23-17(18(25)22(3)4)15-6-5-12-9-19-8-7-14(12)16(15)20-23/h7-9,13,24H,5-6,10-11H2,1-4H3. The predicted octanol–water partition coefficient (Wildman–Crippen LogP) is 0.668. The van der Waals surface area contributed by atoms with Gasteiger partial charge < -0.3 is 14.9 Å². The van der Waals surface area contributed by atoms with E-state index in [9.17, 15) is 9.90 Å². The number of hydrogen-bond donors (Lipinski definition) is 1. The maximum absolute atomic E-state index is 12.8. The Labute approximate surface area is 147 Å². The smallest absolute Gasteiger partial charge is 0.271 e. The molecule has 0 bridgehead atoms. The summed E-state index contributed by atoms with van der Waals surface area (Å²) in [5, 5.41) is 15.0. The van der Waals surface area contributed by atoms with Crippen LogP contribution >= 0.6 is 0 Å². The molecule has 25 heavy (non-hydrogen) atoms. The van der Waals surface area contributed by atoms with Gasteiger partial charge in [-0.1, -0.05) is 0 Å². The number of aromatic nitrogens is 3. The third kappa shape index (κ3) is 3.43. The van der Waals surface area contributed by atoms with Gasteiger partial charge in [-0.3, -0.25) is 14.5 Å². The highest BCUT2D eigenvalue weighted by molar-refractivity contribution is 5.96. The predicted molar refractivity (Wildman–Crippen MR) is 95.4 cm³/mol. The molecule has 0 spiro atoms. The van der Waals surface area contributed by atoms with Gasteiger partial charge in [-0.15, -0.1) is 0 Å². The second-order valence-corrected chi connectivity index (χ2v) is 7.01. The highest BCUT2D eigenvalue weighted by atomic mass is 16.3. The first-order valence-electron chi connectivity index (χ1n) is 8.46. The third-order valence-corrected chi connectivity index (χ3v) is 4.42. The molecule has 3 rings (SSSR count). The molecule has 2 heterocycles. The van der Waals surface area contributed by atoms with Gasteiger partial charge in [0.15, 0.2) is 0 Å². The number of pyridine rings is 1. The molecule has 2 aromatic heterocycles. The Bertz CT molecular complexity index is 782. The van der Waals surface area contributed by atoms with Crippen molar-refractivity contribution in [3.8, 4) is 11.3 Å². The fourth-order valence-corrected chi connectivity index (χ4v) is 3.33. The number of likely N-dealkylation sites (N-methyl/N-ethyl adjacent to an activating group) is 1. The second-order valence-electron chi connectivity index (χ2n) is 7.01. The Hall–Kier alpha value is -2.25. The van der Waals surface area contributed by atoms with Crippen molar-refractivity contribution >= 4 is 5.91 Å². The average Bonchev–Trinajstić information content (AvgIpc) is 2.91. The van der Waals surface area contributed by atoms with Gasteiger partial charge in [0.25, 0.3) is 5.91 Å². The Balaban J connectivity index is 2.06. The minimum atomic E-state index is -0.595. The first-order chi connectivity index (χ1) is 11.9. The summed E-state index contributed by atoms with van der Waals surface area (Å²) in [6, 6.07) is 1.95. The van der Waals surface area contributed by atoms with Crippen LogP contribution in [0.1, 0.15) is 21.6 Å². The normalized spacial score (nSPS) is 14.2. The lowest BCUT2D eigenvalue weighted by Gasteiger charge is -2.19. The van der Waals surface area contributed by atoms with Gasteiger partial charge in [-0.2, -0.15) is 5.10 Å². The van der Waals surface area contributed by atoms with Gasteiger partial charge >= 0.3 is 0 Å². The van der Waals surface area contributed by atoms with Crippen molar-refractivity contribution in [1.29, 1.82) is 0 Å². The molecular weight excluding hydrogens is 318 g/mol. The average molecular weight is 343 g/mol. The first-order valence-corrected chi connectivity index (χ1v) is 8.46. The number of hydrogen-bond acceptors (Lipinski definition) is 5. The molecule has 0 aliphatic heterocycles. The van der Waals surface area contributed by atoms with E-state index >= 15 is 0 Å². The number of carbonyl (C=O) groups excluding carboxylic acids is 1. The van der Waals surface area contributed by atoms with Gasteiger partial charge in [0.05, 0.1) is 18.3 Å². The highest BCUT2D eigenvalue weighted by Gasteiger charge is 2.29. The van der Waals surface area contributed by atoms with E-state index in [1.807, 2.05) is 31.3 Å². The minimum absolute atomic E-state index is 0.0803. The van der Waals surface area contributed by atoms with E-state index < -0.39 is 6.10 Å². The molecule has 1 atom stereocenters. The summed E-state index contributed by atoms with van der Waals surface area (Å²) in [6.45, 7) is 0.807. The monoisotopic (exact) mass is 343 g/mol. The van der Waals surface area contributed by atoms with E-state index in [1.165, 1.54) is 0 Å². The van der Waals surface area contributed by atoms with Crippen LogP contribution in [0.25, 0.3) is 11.3 Å². The van der Waals surface area contributed by atoms with Crippen molar-refractivity contribution in [2.45, 2.75) is 25.5 Å². The van der Waals surface area contributed by atoms with Gasteiger partial charge in [0.2, 0.25) is 0 Å². The Morgan fingerprint density at radius 2 is 2.08 bits per heavy atom. The SMILES string of the molecule is CN(C)CC(O)Cn1nc2c(c1C(=O)N(C)C)CCc1cnccc1-2. The van der Waals surface area contributed by atoms with E-state index in [4.69, 9.17) is 5.10 Å². The van der Waals surface area contributed by atoms with Crippen LogP contribution in [-0.2, 0) is 19.4 Å². The molecule has 0 radical (unpaired) electrons.